The summed E-state index contributed by atoms with van der Waals surface area (Å²) in [4.78, 5) is 25.1. The smallest absolute Gasteiger partial charge is 0.330 e. The molecule has 3 heterocycles. The molecule has 0 aliphatic carbocycles. The van der Waals surface area contributed by atoms with Crippen molar-refractivity contribution in [2.75, 3.05) is 13.4 Å². The maximum atomic E-state index is 11.8. The van der Waals surface area contributed by atoms with Gasteiger partial charge in [-0.05, 0) is 6.92 Å². The third-order valence-electron chi connectivity index (χ3n) is 3.60. The van der Waals surface area contributed by atoms with E-state index in [0.29, 0.717) is 0 Å². The van der Waals surface area contributed by atoms with E-state index < -0.39 is 35.3 Å². The topological polar surface area (TPSA) is 103 Å². The highest BCUT2D eigenvalue weighted by Gasteiger charge is 2.59. The van der Waals surface area contributed by atoms with Gasteiger partial charge in [0.15, 0.2) is 6.23 Å². The highest BCUT2D eigenvalue weighted by Crippen LogP contribution is 2.45. The van der Waals surface area contributed by atoms with Gasteiger partial charge >= 0.3 is 5.69 Å². The molecule has 0 saturated carbocycles. The van der Waals surface area contributed by atoms with Gasteiger partial charge in [-0.3, -0.25) is 14.3 Å². The lowest BCUT2D eigenvalue weighted by Crippen LogP contribution is -2.45. The van der Waals surface area contributed by atoms with Crippen LogP contribution in [0.1, 0.15) is 13.2 Å². The van der Waals surface area contributed by atoms with Crippen LogP contribution in [0, 0.1) is 0 Å². The molecule has 2 saturated heterocycles. The molecule has 0 amide bonds. The van der Waals surface area contributed by atoms with Crippen molar-refractivity contribution in [3.05, 3.63) is 33.1 Å². The van der Waals surface area contributed by atoms with Gasteiger partial charge in [0, 0.05) is 12.3 Å². The number of ether oxygens (including phenoxy) is 3. The summed E-state index contributed by atoms with van der Waals surface area (Å²) in [6.45, 7) is 1.59. The summed E-state index contributed by atoms with van der Waals surface area (Å²) in [5.41, 5.74) is -1.95. The molecule has 2 N–H and O–H groups in total. The van der Waals surface area contributed by atoms with Crippen molar-refractivity contribution in [2.45, 2.75) is 31.0 Å². The first-order valence-corrected chi connectivity index (χ1v) is 5.89. The molecule has 0 unspecified atom stereocenters. The zero-order valence-corrected chi connectivity index (χ0v) is 10.2. The normalized spacial score (nSPS) is 37.5. The second kappa shape index (κ2) is 4.27. The molecule has 8 nitrogen and oxygen atoms in total. The third kappa shape index (κ3) is 1.76. The summed E-state index contributed by atoms with van der Waals surface area (Å²) in [7, 11) is 0. The molecule has 0 aromatic carbocycles. The quantitative estimate of drug-likeness (QED) is 0.682. The molecule has 2 aliphatic heterocycles. The molecule has 1 aromatic rings. The molecule has 4 atom stereocenters. The van der Waals surface area contributed by atoms with Crippen molar-refractivity contribution < 1.29 is 19.3 Å². The Morgan fingerprint density at radius 2 is 2.37 bits per heavy atom. The number of aliphatic hydroxyl groups is 1. The number of fused-ring (bicyclic) bond motifs is 1. The number of hydrogen-bond donors (Lipinski definition) is 2. The predicted molar refractivity (Wildman–Crippen MR) is 61.5 cm³/mol. The molecule has 3 rings (SSSR count). The van der Waals surface area contributed by atoms with Gasteiger partial charge in [-0.2, -0.15) is 0 Å². The lowest BCUT2D eigenvalue weighted by atomic mass is 9.96. The third-order valence-corrected chi connectivity index (χ3v) is 3.60. The Kier molecular flexibility index (Phi) is 2.82. The van der Waals surface area contributed by atoms with E-state index in [4.69, 9.17) is 14.2 Å². The van der Waals surface area contributed by atoms with Crippen LogP contribution in [0.3, 0.4) is 0 Å². The average Bonchev–Trinajstić information content (AvgIpc) is 2.85. The van der Waals surface area contributed by atoms with Crippen LogP contribution in [0.15, 0.2) is 21.9 Å². The zero-order chi connectivity index (χ0) is 13.6. The summed E-state index contributed by atoms with van der Waals surface area (Å²) in [5, 5.41) is 9.30. The fourth-order valence-corrected chi connectivity index (χ4v) is 2.63. The Bertz CT molecular complexity index is 595. The van der Waals surface area contributed by atoms with Crippen molar-refractivity contribution in [2.24, 2.45) is 0 Å². The standard InChI is InChI=1S/C11H14N2O6/c1-11-8(17-5-18-11)6(4-14)19-9(11)13-3-2-7(15)12-10(13)16/h2-3,6,8-9,14H,4-5H2,1H3,(H,12,15,16)/t6-,8-,9-,11-/m1/s1. The number of H-pyrrole nitrogens is 1. The Morgan fingerprint density at radius 3 is 3.05 bits per heavy atom. The van der Waals surface area contributed by atoms with E-state index in [-0.39, 0.29) is 13.4 Å². The Morgan fingerprint density at radius 1 is 1.58 bits per heavy atom. The van der Waals surface area contributed by atoms with Gasteiger partial charge < -0.3 is 19.3 Å². The summed E-state index contributed by atoms with van der Waals surface area (Å²) < 4.78 is 17.8. The summed E-state index contributed by atoms with van der Waals surface area (Å²) in [6, 6.07) is 1.23. The lowest BCUT2D eigenvalue weighted by Gasteiger charge is -2.27. The minimum atomic E-state index is -0.879. The van der Waals surface area contributed by atoms with Gasteiger partial charge in [0.1, 0.15) is 24.6 Å². The summed E-state index contributed by atoms with van der Waals surface area (Å²) in [5.74, 6) is 0. The van der Waals surface area contributed by atoms with Gasteiger partial charge in [0.2, 0.25) is 0 Å². The van der Waals surface area contributed by atoms with Gasteiger partial charge in [0.25, 0.3) is 5.56 Å². The van der Waals surface area contributed by atoms with E-state index in [1.807, 2.05) is 0 Å². The molecular weight excluding hydrogens is 256 g/mol. The van der Waals surface area contributed by atoms with Crippen molar-refractivity contribution in [1.82, 2.24) is 9.55 Å². The van der Waals surface area contributed by atoms with Crippen LogP contribution in [0.5, 0.6) is 0 Å². The van der Waals surface area contributed by atoms with E-state index >= 15 is 0 Å². The summed E-state index contributed by atoms with van der Waals surface area (Å²) >= 11 is 0. The number of aromatic amines is 1. The molecule has 0 bridgehead atoms. The van der Waals surface area contributed by atoms with E-state index in [0.717, 1.165) is 0 Å². The second-order valence-electron chi connectivity index (χ2n) is 4.76. The van der Waals surface area contributed by atoms with E-state index in [1.54, 1.807) is 6.92 Å². The maximum absolute atomic E-state index is 11.8. The number of aliphatic hydroxyl groups excluding tert-OH is 1. The van der Waals surface area contributed by atoms with Crippen LogP contribution >= 0.6 is 0 Å². The number of hydrogen-bond acceptors (Lipinski definition) is 6. The van der Waals surface area contributed by atoms with Gasteiger partial charge in [-0.25, -0.2) is 4.79 Å². The first kappa shape index (κ1) is 12.5. The molecule has 19 heavy (non-hydrogen) atoms. The highest BCUT2D eigenvalue weighted by atomic mass is 16.8. The predicted octanol–water partition coefficient (Wildman–Crippen LogP) is -1.44. The molecule has 1 aromatic heterocycles. The number of nitrogens with zero attached hydrogens (tertiary/aromatic N) is 1. The van der Waals surface area contributed by atoms with Gasteiger partial charge in [0.05, 0.1) is 6.61 Å². The van der Waals surface area contributed by atoms with Crippen molar-refractivity contribution in [3.8, 4) is 0 Å². The molecule has 2 fully saturated rings. The first-order valence-electron chi connectivity index (χ1n) is 5.89. The monoisotopic (exact) mass is 270 g/mol. The molecule has 8 heteroatoms. The molecule has 104 valence electrons. The van der Waals surface area contributed by atoms with Crippen LogP contribution < -0.4 is 11.2 Å². The van der Waals surface area contributed by atoms with Crippen molar-refractivity contribution in [1.29, 1.82) is 0 Å². The number of nitrogens with one attached hydrogen (secondary N) is 1. The van der Waals surface area contributed by atoms with Crippen LogP contribution in [0.25, 0.3) is 0 Å². The fourth-order valence-electron chi connectivity index (χ4n) is 2.63. The molecular formula is C11H14N2O6. The zero-order valence-electron chi connectivity index (χ0n) is 10.2. The minimum Gasteiger partial charge on any atom is -0.394 e. The summed E-state index contributed by atoms with van der Waals surface area (Å²) in [6.07, 6.45) is -0.450. The van der Waals surface area contributed by atoms with Crippen LogP contribution in [0.4, 0.5) is 0 Å². The lowest BCUT2D eigenvalue weighted by molar-refractivity contribution is -0.133. The average molecular weight is 270 g/mol. The van der Waals surface area contributed by atoms with Gasteiger partial charge in [-0.15, -0.1) is 0 Å². The maximum Gasteiger partial charge on any atom is 0.330 e. The Balaban J connectivity index is 2.05. The number of rotatable bonds is 2. The molecule has 0 radical (unpaired) electrons. The van der Waals surface area contributed by atoms with E-state index in [2.05, 4.69) is 4.98 Å². The second-order valence-corrected chi connectivity index (χ2v) is 4.76. The Labute approximate surface area is 107 Å². The SMILES string of the molecule is C[C@@]12OCO[C@@H]1[C@@H](CO)O[C@H]2n1ccc(=O)[nH]c1=O. The van der Waals surface area contributed by atoms with Crippen molar-refractivity contribution >= 4 is 0 Å². The van der Waals surface area contributed by atoms with E-state index in [1.165, 1.54) is 16.8 Å². The van der Waals surface area contributed by atoms with Crippen LogP contribution in [-0.4, -0.2) is 45.9 Å². The minimum absolute atomic E-state index is 0.0790. The van der Waals surface area contributed by atoms with Crippen LogP contribution in [0.2, 0.25) is 0 Å². The van der Waals surface area contributed by atoms with Crippen LogP contribution in [-0.2, 0) is 14.2 Å². The molecule has 0 spiro atoms. The highest BCUT2D eigenvalue weighted by molar-refractivity contribution is 5.04. The number of aromatic nitrogens is 2. The Hall–Kier alpha value is -1.48. The molecule has 2 aliphatic rings. The van der Waals surface area contributed by atoms with E-state index in [9.17, 15) is 14.7 Å². The largest absolute Gasteiger partial charge is 0.394 e. The first-order chi connectivity index (χ1) is 9.06. The fraction of sp³-hybridized carbons (Fsp3) is 0.636. The van der Waals surface area contributed by atoms with Gasteiger partial charge in [-0.1, -0.05) is 0 Å². The van der Waals surface area contributed by atoms with Crippen molar-refractivity contribution in [3.63, 3.8) is 0 Å².